The molecule has 27 heavy (non-hydrogen) atoms. The number of carbonyl (C=O) groups is 1. The molecule has 7 heteroatoms. The first-order valence-corrected chi connectivity index (χ1v) is 9.59. The molecule has 0 aliphatic carbocycles. The standard InChI is InChI=1S/C20H21ClN2O3S/c1-3-4-10-23-19(24)17(22-20(23)27)11-14-8-9-15(26-14)12-25-18-13(2)6-5-7-16(18)21/h5-9,11H,3-4,10,12H2,1-2H3,(H,22,27)/b17-11+. The van der Waals surface area contributed by atoms with Gasteiger partial charge in [-0.15, -0.1) is 0 Å². The van der Waals surface area contributed by atoms with Gasteiger partial charge in [0.25, 0.3) is 5.91 Å². The lowest BCUT2D eigenvalue weighted by molar-refractivity contribution is -0.122. The van der Waals surface area contributed by atoms with E-state index >= 15 is 0 Å². The van der Waals surface area contributed by atoms with Crippen LogP contribution in [0, 0.1) is 6.92 Å². The van der Waals surface area contributed by atoms with Gasteiger partial charge in [0.1, 0.15) is 29.6 Å². The fourth-order valence-electron chi connectivity index (χ4n) is 2.73. The SMILES string of the molecule is CCCCN1C(=O)/C(=C\c2ccc(COc3c(C)cccc3Cl)o2)NC1=S. The van der Waals surface area contributed by atoms with E-state index in [9.17, 15) is 4.79 Å². The van der Waals surface area contributed by atoms with Crippen molar-refractivity contribution < 1.29 is 13.9 Å². The number of hydrogen-bond donors (Lipinski definition) is 1. The monoisotopic (exact) mass is 404 g/mol. The Bertz CT molecular complexity index is 871. The van der Waals surface area contributed by atoms with Crippen LogP contribution in [0.15, 0.2) is 40.4 Å². The van der Waals surface area contributed by atoms with Crippen molar-refractivity contribution in [3.8, 4) is 5.75 Å². The van der Waals surface area contributed by atoms with Crippen LogP contribution in [0.1, 0.15) is 36.8 Å². The molecule has 1 amide bonds. The number of thiocarbonyl (C=S) groups is 1. The van der Waals surface area contributed by atoms with Crippen LogP contribution in [0.4, 0.5) is 0 Å². The van der Waals surface area contributed by atoms with Crippen LogP contribution < -0.4 is 10.1 Å². The third-order valence-electron chi connectivity index (χ3n) is 4.19. The van der Waals surface area contributed by atoms with Gasteiger partial charge in [0, 0.05) is 12.6 Å². The summed E-state index contributed by atoms with van der Waals surface area (Å²) in [5.74, 6) is 1.70. The minimum absolute atomic E-state index is 0.130. The van der Waals surface area contributed by atoms with E-state index in [2.05, 4.69) is 12.2 Å². The third-order valence-corrected chi connectivity index (χ3v) is 4.81. The molecule has 0 saturated carbocycles. The lowest BCUT2D eigenvalue weighted by atomic mass is 10.2. The molecular formula is C20H21ClN2O3S. The Hall–Kier alpha value is -2.31. The molecule has 1 N–H and O–H groups in total. The van der Waals surface area contributed by atoms with Crippen LogP contribution in [0.3, 0.4) is 0 Å². The summed E-state index contributed by atoms with van der Waals surface area (Å²) in [6, 6.07) is 9.20. The van der Waals surface area contributed by atoms with Gasteiger partial charge in [0.2, 0.25) is 0 Å². The van der Waals surface area contributed by atoms with Gasteiger partial charge in [-0.25, -0.2) is 0 Å². The highest BCUT2D eigenvalue weighted by Gasteiger charge is 2.30. The summed E-state index contributed by atoms with van der Waals surface area (Å²) in [6.45, 7) is 4.87. The van der Waals surface area contributed by atoms with Crippen LogP contribution in [0.5, 0.6) is 5.75 Å². The first-order chi connectivity index (χ1) is 13.0. The minimum Gasteiger partial charge on any atom is -0.484 e. The number of furan rings is 1. The molecule has 0 bridgehead atoms. The molecule has 1 aliphatic rings. The Labute approximate surface area is 168 Å². The predicted octanol–water partition coefficient (Wildman–Crippen LogP) is 4.68. The molecule has 2 heterocycles. The van der Waals surface area contributed by atoms with Crippen LogP contribution >= 0.6 is 23.8 Å². The van der Waals surface area contributed by atoms with Crippen molar-refractivity contribution in [2.45, 2.75) is 33.3 Å². The summed E-state index contributed by atoms with van der Waals surface area (Å²) in [7, 11) is 0. The second-order valence-electron chi connectivity index (χ2n) is 6.28. The van der Waals surface area contributed by atoms with Crippen molar-refractivity contribution in [2.75, 3.05) is 6.54 Å². The van der Waals surface area contributed by atoms with Crippen molar-refractivity contribution >= 4 is 40.9 Å². The van der Waals surface area contributed by atoms with Crippen molar-refractivity contribution in [3.63, 3.8) is 0 Å². The van der Waals surface area contributed by atoms with Crippen LogP contribution in [-0.2, 0) is 11.4 Å². The van der Waals surface area contributed by atoms with Crippen LogP contribution in [0.2, 0.25) is 5.02 Å². The van der Waals surface area contributed by atoms with Crippen molar-refractivity contribution in [2.24, 2.45) is 0 Å². The Morgan fingerprint density at radius 2 is 2.15 bits per heavy atom. The molecule has 1 saturated heterocycles. The molecule has 142 valence electrons. The van der Waals surface area contributed by atoms with E-state index in [-0.39, 0.29) is 12.5 Å². The summed E-state index contributed by atoms with van der Waals surface area (Å²) < 4.78 is 11.5. The van der Waals surface area contributed by atoms with Gasteiger partial charge in [-0.05, 0) is 49.3 Å². The maximum Gasteiger partial charge on any atom is 0.276 e. The van der Waals surface area contributed by atoms with E-state index < -0.39 is 0 Å². The normalized spacial score (nSPS) is 15.5. The Kier molecular flexibility index (Phi) is 6.19. The maximum atomic E-state index is 12.4. The molecule has 0 spiro atoms. The van der Waals surface area contributed by atoms with E-state index in [0.717, 1.165) is 18.4 Å². The Morgan fingerprint density at radius 3 is 2.89 bits per heavy atom. The number of nitrogens with one attached hydrogen (secondary N) is 1. The van der Waals surface area contributed by atoms with Crippen LogP contribution in [-0.4, -0.2) is 22.5 Å². The zero-order chi connectivity index (χ0) is 19.4. The molecule has 1 fully saturated rings. The van der Waals surface area contributed by atoms with Crippen molar-refractivity contribution in [1.82, 2.24) is 10.2 Å². The number of benzene rings is 1. The second kappa shape index (κ2) is 8.59. The number of para-hydroxylation sites is 1. The number of rotatable bonds is 7. The lowest BCUT2D eigenvalue weighted by Crippen LogP contribution is -2.31. The Morgan fingerprint density at radius 1 is 1.33 bits per heavy atom. The highest BCUT2D eigenvalue weighted by molar-refractivity contribution is 7.80. The molecule has 0 unspecified atom stereocenters. The summed E-state index contributed by atoms with van der Waals surface area (Å²) in [5.41, 5.74) is 1.37. The van der Waals surface area contributed by atoms with Gasteiger partial charge in [0.05, 0.1) is 5.02 Å². The number of ether oxygens (including phenoxy) is 1. The molecule has 3 rings (SSSR count). The average molecular weight is 405 g/mol. The molecular weight excluding hydrogens is 384 g/mol. The Balaban J connectivity index is 1.67. The zero-order valence-corrected chi connectivity index (χ0v) is 16.8. The van der Waals surface area contributed by atoms with Gasteiger partial charge in [-0.2, -0.15) is 0 Å². The summed E-state index contributed by atoms with van der Waals surface area (Å²) in [5, 5.41) is 3.95. The van der Waals surface area contributed by atoms with E-state index in [1.165, 1.54) is 0 Å². The number of unbranched alkanes of at least 4 members (excludes halogenated alkanes) is 1. The largest absolute Gasteiger partial charge is 0.484 e. The number of aryl methyl sites for hydroxylation is 1. The maximum absolute atomic E-state index is 12.4. The number of carbonyl (C=O) groups excluding carboxylic acids is 1. The van der Waals surface area contributed by atoms with Gasteiger partial charge in [0.15, 0.2) is 5.11 Å². The molecule has 0 radical (unpaired) electrons. The van der Waals surface area contributed by atoms with E-state index in [1.54, 1.807) is 23.1 Å². The summed E-state index contributed by atoms with van der Waals surface area (Å²) >= 11 is 11.4. The smallest absolute Gasteiger partial charge is 0.276 e. The fraction of sp³-hybridized carbons (Fsp3) is 0.300. The number of amides is 1. The van der Waals surface area contributed by atoms with Crippen LogP contribution in [0.25, 0.3) is 6.08 Å². The molecule has 1 aliphatic heterocycles. The van der Waals surface area contributed by atoms with Crippen molar-refractivity contribution in [3.05, 3.63) is 58.1 Å². The summed E-state index contributed by atoms with van der Waals surface area (Å²) in [4.78, 5) is 14.0. The zero-order valence-electron chi connectivity index (χ0n) is 15.3. The number of halogens is 1. The second-order valence-corrected chi connectivity index (χ2v) is 7.07. The highest BCUT2D eigenvalue weighted by Crippen LogP contribution is 2.29. The van der Waals surface area contributed by atoms with Gasteiger partial charge < -0.3 is 14.5 Å². The average Bonchev–Trinajstić information content (AvgIpc) is 3.18. The third kappa shape index (κ3) is 4.51. The first kappa shape index (κ1) is 19.5. The molecule has 1 aromatic carbocycles. The predicted molar refractivity (Wildman–Crippen MR) is 110 cm³/mol. The molecule has 0 atom stereocenters. The van der Waals surface area contributed by atoms with E-state index in [1.807, 2.05) is 25.1 Å². The lowest BCUT2D eigenvalue weighted by Gasteiger charge is -2.12. The van der Waals surface area contributed by atoms with Gasteiger partial charge in [-0.1, -0.05) is 37.1 Å². The van der Waals surface area contributed by atoms with E-state index in [4.69, 9.17) is 33.0 Å². The topological polar surface area (TPSA) is 54.7 Å². The van der Waals surface area contributed by atoms with E-state index in [0.29, 0.717) is 39.6 Å². The number of nitrogens with zero attached hydrogens (tertiary/aromatic N) is 1. The molecule has 2 aromatic rings. The van der Waals surface area contributed by atoms with Gasteiger partial charge in [-0.3, -0.25) is 9.69 Å². The van der Waals surface area contributed by atoms with Crippen molar-refractivity contribution in [1.29, 1.82) is 0 Å². The fourth-order valence-corrected chi connectivity index (χ4v) is 3.29. The molecule has 5 nitrogen and oxygen atoms in total. The summed E-state index contributed by atoms with van der Waals surface area (Å²) in [6.07, 6.45) is 3.56. The molecule has 1 aromatic heterocycles. The highest BCUT2D eigenvalue weighted by atomic mass is 35.5. The van der Waals surface area contributed by atoms with Gasteiger partial charge >= 0.3 is 0 Å². The first-order valence-electron chi connectivity index (χ1n) is 8.80. The quantitative estimate of drug-likeness (QED) is 0.536. The number of hydrogen-bond acceptors (Lipinski definition) is 4. The minimum atomic E-state index is -0.130.